The van der Waals surface area contributed by atoms with E-state index in [1.54, 1.807) is 12.1 Å². The number of sulfonamides is 1. The van der Waals surface area contributed by atoms with Crippen LogP contribution < -0.4 is 9.46 Å². The van der Waals surface area contributed by atoms with Gasteiger partial charge >= 0.3 is 0 Å². The lowest BCUT2D eigenvalue weighted by Gasteiger charge is -2.14. The van der Waals surface area contributed by atoms with Crippen molar-refractivity contribution >= 4 is 22.0 Å². The molecule has 1 aromatic carbocycles. The van der Waals surface area contributed by atoms with Crippen LogP contribution in [0.2, 0.25) is 0 Å². The molecule has 0 unspecified atom stereocenters. The Morgan fingerprint density at radius 1 is 1.40 bits per heavy atom. The number of para-hydroxylation sites is 1. The highest BCUT2D eigenvalue weighted by Gasteiger charge is 2.07. The van der Waals surface area contributed by atoms with Gasteiger partial charge in [0.2, 0.25) is 10.0 Å². The van der Waals surface area contributed by atoms with Gasteiger partial charge in [0.05, 0.1) is 12.4 Å². The highest BCUT2D eigenvalue weighted by Crippen LogP contribution is 2.21. The summed E-state index contributed by atoms with van der Waals surface area (Å²) in [6.45, 7) is 3.97. The average molecular weight is 297 g/mol. The summed E-state index contributed by atoms with van der Waals surface area (Å²) in [4.78, 5) is 11.4. The number of hydrogen-bond acceptors (Lipinski definition) is 4. The summed E-state index contributed by atoms with van der Waals surface area (Å²) in [6, 6.07) is 7.26. The van der Waals surface area contributed by atoms with Crippen LogP contribution in [0.4, 0.5) is 0 Å². The lowest BCUT2D eigenvalue weighted by molar-refractivity contribution is -0.114. The predicted molar refractivity (Wildman–Crippen MR) is 78.8 cm³/mol. The minimum Gasteiger partial charge on any atom is -0.490 e. The molecule has 6 heteroatoms. The van der Waals surface area contributed by atoms with E-state index in [4.69, 9.17) is 4.74 Å². The van der Waals surface area contributed by atoms with Crippen molar-refractivity contribution in [3.05, 3.63) is 35.9 Å². The average Bonchev–Trinajstić information content (AvgIpc) is 2.35. The molecule has 20 heavy (non-hydrogen) atoms. The molecule has 1 atom stereocenters. The molecule has 0 saturated carbocycles. The van der Waals surface area contributed by atoms with E-state index in [1.807, 2.05) is 30.7 Å². The van der Waals surface area contributed by atoms with E-state index >= 15 is 0 Å². The second-order valence-corrected chi connectivity index (χ2v) is 6.19. The van der Waals surface area contributed by atoms with Gasteiger partial charge in [-0.2, -0.15) is 0 Å². The first kappa shape index (κ1) is 16.2. The molecule has 5 nitrogen and oxygen atoms in total. The summed E-state index contributed by atoms with van der Waals surface area (Å²) in [5, 5.41) is 0. The van der Waals surface area contributed by atoms with E-state index in [-0.39, 0.29) is 6.10 Å². The van der Waals surface area contributed by atoms with Gasteiger partial charge in [-0.1, -0.05) is 25.1 Å². The third kappa shape index (κ3) is 5.88. The van der Waals surface area contributed by atoms with Crippen molar-refractivity contribution in [1.82, 2.24) is 4.72 Å². The molecule has 0 aliphatic carbocycles. The molecule has 110 valence electrons. The standard InChI is InChI=1S/C14H19NO4S/c1-4-11(2)19-13-8-6-5-7-12(13)9-10-14(16)15-20(3,17)18/h5-11H,4H2,1-3H3,(H,15,16)/b10-9+/t11-/m1/s1. The van der Waals surface area contributed by atoms with Crippen LogP contribution in [0, 0.1) is 0 Å². The highest BCUT2D eigenvalue weighted by molar-refractivity contribution is 7.89. The Morgan fingerprint density at radius 3 is 2.65 bits per heavy atom. The second-order valence-electron chi connectivity index (χ2n) is 4.45. The fraction of sp³-hybridized carbons (Fsp3) is 0.357. The number of benzene rings is 1. The molecular formula is C14H19NO4S. The zero-order chi connectivity index (χ0) is 15.2. The maximum atomic E-state index is 11.4. The van der Waals surface area contributed by atoms with Crippen LogP contribution in [0.15, 0.2) is 30.3 Å². The quantitative estimate of drug-likeness (QED) is 0.815. The maximum Gasteiger partial charge on any atom is 0.257 e. The third-order valence-corrected chi connectivity index (χ3v) is 3.09. The minimum atomic E-state index is -3.54. The molecule has 0 aliphatic heterocycles. The summed E-state index contributed by atoms with van der Waals surface area (Å²) in [5.41, 5.74) is 0.719. The molecule has 0 spiro atoms. The van der Waals surface area contributed by atoms with Crippen molar-refractivity contribution < 1.29 is 17.9 Å². The number of hydrogen-bond donors (Lipinski definition) is 1. The van der Waals surface area contributed by atoms with E-state index < -0.39 is 15.9 Å². The Hall–Kier alpha value is -1.82. The fourth-order valence-corrected chi connectivity index (χ4v) is 1.84. The number of ether oxygens (including phenoxy) is 1. The first-order chi connectivity index (χ1) is 9.31. The Labute approximate surface area is 119 Å². The molecule has 1 N–H and O–H groups in total. The van der Waals surface area contributed by atoms with Crippen molar-refractivity contribution in [3.63, 3.8) is 0 Å². The monoisotopic (exact) mass is 297 g/mol. The molecule has 0 radical (unpaired) electrons. The van der Waals surface area contributed by atoms with Crippen LogP contribution in [0.3, 0.4) is 0 Å². The van der Waals surface area contributed by atoms with Crippen LogP contribution in [0.25, 0.3) is 6.08 Å². The van der Waals surface area contributed by atoms with Gasteiger partial charge in [-0.25, -0.2) is 13.1 Å². The van der Waals surface area contributed by atoms with Gasteiger partial charge in [-0.05, 0) is 25.5 Å². The van der Waals surface area contributed by atoms with Crippen molar-refractivity contribution in [3.8, 4) is 5.75 Å². The van der Waals surface area contributed by atoms with Gasteiger partial charge < -0.3 is 4.74 Å². The molecule has 0 saturated heterocycles. The van der Waals surface area contributed by atoms with Gasteiger partial charge in [-0.15, -0.1) is 0 Å². The number of amides is 1. The minimum absolute atomic E-state index is 0.0643. The van der Waals surface area contributed by atoms with Gasteiger partial charge in [0, 0.05) is 11.6 Å². The van der Waals surface area contributed by atoms with Gasteiger partial charge in [-0.3, -0.25) is 4.79 Å². The Kier molecular flexibility index (Phi) is 5.76. The van der Waals surface area contributed by atoms with Crippen molar-refractivity contribution in [2.24, 2.45) is 0 Å². The lowest BCUT2D eigenvalue weighted by Crippen LogP contribution is -2.27. The topological polar surface area (TPSA) is 72.5 Å². The molecular weight excluding hydrogens is 278 g/mol. The molecule has 0 fully saturated rings. The molecule has 0 bridgehead atoms. The van der Waals surface area contributed by atoms with Crippen molar-refractivity contribution in [2.75, 3.05) is 6.26 Å². The van der Waals surface area contributed by atoms with Gasteiger partial charge in [0.25, 0.3) is 5.91 Å². The molecule has 0 aliphatic rings. The summed E-state index contributed by atoms with van der Waals surface area (Å²) < 4.78 is 29.4. The van der Waals surface area contributed by atoms with Crippen LogP contribution in [0.5, 0.6) is 5.75 Å². The molecule has 0 aromatic heterocycles. The van der Waals surface area contributed by atoms with Crippen molar-refractivity contribution in [2.45, 2.75) is 26.4 Å². The first-order valence-electron chi connectivity index (χ1n) is 6.27. The summed E-state index contributed by atoms with van der Waals surface area (Å²) in [7, 11) is -3.54. The number of nitrogens with one attached hydrogen (secondary N) is 1. The van der Waals surface area contributed by atoms with E-state index in [0.29, 0.717) is 5.75 Å². The summed E-state index contributed by atoms with van der Waals surface area (Å²) in [6.07, 6.45) is 4.55. The maximum absolute atomic E-state index is 11.4. The number of carbonyl (C=O) groups is 1. The zero-order valence-corrected chi connectivity index (χ0v) is 12.6. The van der Waals surface area contributed by atoms with Gasteiger partial charge in [0.15, 0.2) is 0 Å². The van der Waals surface area contributed by atoms with Gasteiger partial charge in [0.1, 0.15) is 5.75 Å². The first-order valence-corrected chi connectivity index (χ1v) is 8.16. The molecule has 1 amide bonds. The molecule has 0 heterocycles. The second kappa shape index (κ2) is 7.09. The van der Waals surface area contributed by atoms with E-state index in [0.717, 1.165) is 18.2 Å². The Bertz CT molecular complexity index is 593. The van der Waals surface area contributed by atoms with E-state index in [2.05, 4.69) is 0 Å². The van der Waals surface area contributed by atoms with E-state index in [1.165, 1.54) is 12.2 Å². The SMILES string of the molecule is CC[C@@H](C)Oc1ccccc1/C=C/C(=O)NS(C)(=O)=O. The normalized spacial score (nSPS) is 13.2. The largest absolute Gasteiger partial charge is 0.490 e. The zero-order valence-electron chi connectivity index (χ0n) is 11.8. The lowest BCUT2D eigenvalue weighted by atomic mass is 10.2. The molecule has 1 aromatic rings. The van der Waals surface area contributed by atoms with Crippen LogP contribution in [-0.2, 0) is 14.8 Å². The number of rotatable bonds is 6. The number of carbonyl (C=O) groups excluding carboxylic acids is 1. The van der Waals surface area contributed by atoms with Crippen molar-refractivity contribution in [1.29, 1.82) is 0 Å². The van der Waals surface area contributed by atoms with Crippen LogP contribution >= 0.6 is 0 Å². The fourth-order valence-electron chi connectivity index (χ4n) is 1.41. The van der Waals surface area contributed by atoms with Crippen LogP contribution in [-0.4, -0.2) is 26.7 Å². The van der Waals surface area contributed by atoms with E-state index in [9.17, 15) is 13.2 Å². The molecule has 1 rings (SSSR count). The predicted octanol–water partition coefficient (Wildman–Crippen LogP) is 1.95. The smallest absolute Gasteiger partial charge is 0.257 e. The summed E-state index contributed by atoms with van der Waals surface area (Å²) >= 11 is 0. The Morgan fingerprint density at radius 2 is 2.05 bits per heavy atom. The van der Waals surface area contributed by atoms with Crippen LogP contribution in [0.1, 0.15) is 25.8 Å². The highest BCUT2D eigenvalue weighted by atomic mass is 32.2. The Balaban J connectivity index is 2.84. The third-order valence-electron chi connectivity index (χ3n) is 2.52. The summed E-state index contributed by atoms with van der Waals surface area (Å²) in [5.74, 6) is -0.0314.